The number of hydrogen-bond acceptors (Lipinski definition) is 2. The Labute approximate surface area is 232 Å². The zero-order valence-electron chi connectivity index (χ0n) is 22.0. The van der Waals surface area contributed by atoms with Crippen LogP contribution in [0.15, 0.2) is 127 Å². The number of thiophene rings is 1. The summed E-state index contributed by atoms with van der Waals surface area (Å²) in [6.45, 7) is 4.71. The molecule has 1 nitrogen and oxygen atoms in total. The van der Waals surface area contributed by atoms with Crippen LogP contribution in [0, 0.1) is 0 Å². The summed E-state index contributed by atoms with van der Waals surface area (Å²) in [5, 5.41) is 5.26. The van der Waals surface area contributed by atoms with Crippen LogP contribution < -0.4 is 4.90 Å². The van der Waals surface area contributed by atoms with Crippen molar-refractivity contribution < 1.29 is 0 Å². The molecular weight excluding hydrogens is 490 g/mol. The third kappa shape index (κ3) is 3.25. The zero-order valence-corrected chi connectivity index (χ0v) is 22.8. The maximum atomic E-state index is 2.44. The highest BCUT2D eigenvalue weighted by molar-refractivity contribution is 7.27. The maximum Gasteiger partial charge on any atom is 0.0640 e. The van der Waals surface area contributed by atoms with Crippen molar-refractivity contribution in [3.05, 3.63) is 139 Å². The van der Waals surface area contributed by atoms with Gasteiger partial charge in [-0.25, -0.2) is 0 Å². The Kier molecular flexibility index (Phi) is 4.80. The van der Waals surface area contributed by atoms with E-state index in [1.165, 1.54) is 70.3 Å². The molecule has 0 radical (unpaired) electrons. The van der Waals surface area contributed by atoms with Crippen molar-refractivity contribution in [1.29, 1.82) is 0 Å². The summed E-state index contributed by atoms with van der Waals surface area (Å²) in [4.78, 5) is 2.44. The number of anilines is 3. The third-order valence-electron chi connectivity index (χ3n) is 8.45. The molecule has 0 saturated carbocycles. The fourth-order valence-corrected chi connectivity index (χ4v) is 7.86. The molecule has 0 spiro atoms. The van der Waals surface area contributed by atoms with Gasteiger partial charge in [-0.2, -0.15) is 0 Å². The molecule has 0 aliphatic heterocycles. The van der Waals surface area contributed by atoms with Gasteiger partial charge in [-0.1, -0.05) is 111 Å². The molecule has 0 amide bonds. The lowest BCUT2D eigenvalue weighted by Gasteiger charge is -2.28. The molecule has 2 heteroatoms. The van der Waals surface area contributed by atoms with Gasteiger partial charge in [0.2, 0.25) is 0 Å². The molecule has 8 rings (SSSR count). The molecule has 0 N–H and O–H groups in total. The van der Waals surface area contributed by atoms with E-state index in [-0.39, 0.29) is 5.41 Å². The van der Waals surface area contributed by atoms with Crippen LogP contribution in [0.5, 0.6) is 0 Å². The SMILES string of the molecule is CC1(C)c2ccccc2-c2ccc(N(c3ccccc3)c3cccc4c3sc3c5ccccc5ccc43)cc21. The van der Waals surface area contributed by atoms with Crippen molar-refractivity contribution in [1.82, 2.24) is 0 Å². The van der Waals surface area contributed by atoms with E-state index in [9.17, 15) is 0 Å². The molecule has 7 aromatic rings. The second kappa shape index (κ2) is 8.30. The van der Waals surface area contributed by atoms with Gasteiger partial charge in [0.1, 0.15) is 0 Å². The van der Waals surface area contributed by atoms with Gasteiger partial charge in [0.15, 0.2) is 0 Å². The average Bonchev–Trinajstić information content (AvgIpc) is 3.48. The molecule has 1 heterocycles. The monoisotopic (exact) mass is 517 g/mol. The lowest BCUT2D eigenvalue weighted by molar-refractivity contribution is 0.660. The summed E-state index contributed by atoms with van der Waals surface area (Å²) in [6, 6.07) is 46.7. The van der Waals surface area contributed by atoms with Gasteiger partial charge in [0.25, 0.3) is 0 Å². The second-order valence-electron chi connectivity index (χ2n) is 11.0. The van der Waals surface area contributed by atoms with Crippen molar-refractivity contribution in [3.63, 3.8) is 0 Å². The number of nitrogens with zero attached hydrogens (tertiary/aromatic N) is 1. The fourth-order valence-electron chi connectivity index (χ4n) is 6.52. The molecule has 0 saturated heterocycles. The van der Waals surface area contributed by atoms with Crippen LogP contribution in [-0.2, 0) is 5.41 Å². The number of para-hydroxylation sites is 1. The molecule has 0 unspecified atom stereocenters. The van der Waals surface area contributed by atoms with Crippen LogP contribution in [0.4, 0.5) is 17.1 Å². The Morgan fingerprint density at radius 3 is 2.13 bits per heavy atom. The molecule has 39 heavy (non-hydrogen) atoms. The molecule has 6 aromatic carbocycles. The zero-order chi connectivity index (χ0) is 26.1. The highest BCUT2D eigenvalue weighted by atomic mass is 32.1. The van der Waals surface area contributed by atoms with Crippen LogP contribution in [0.25, 0.3) is 42.1 Å². The summed E-state index contributed by atoms with van der Waals surface area (Å²) >= 11 is 1.91. The number of rotatable bonds is 3. The summed E-state index contributed by atoms with van der Waals surface area (Å²) in [5.74, 6) is 0. The average molecular weight is 518 g/mol. The molecule has 0 atom stereocenters. The summed E-state index contributed by atoms with van der Waals surface area (Å²) in [5.41, 5.74) is 9.02. The van der Waals surface area contributed by atoms with E-state index in [2.05, 4.69) is 146 Å². The Hall–Kier alpha value is -4.40. The summed E-state index contributed by atoms with van der Waals surface area (Å²) in [6.07, 6.45) is 0. The first kappa shape index (κ1) is 22.6. The van der Waals surface area contributed by atoms with E-state index >= 15 is 0 Å². The number of benzene rings is 6. The number of hydrogen-bond donors (Lipinski definition) is 0. The van der Waals surface area contributed by atoms with Gasteiger partial charge >= 0.3 is 0 Å². The standard InChI is InChI=1S/C37H27NS/c1-37(2)32-17-9-8-15-28(32)29-22-20-26(23-33(29)37)38(25-12-4-3-5-13-25)34-18-10-16-30-31-21-19-24-11-6-7-14-27(24)35(31)39-36(30)34/h3-23H,1-2H3. The molecule has 0 fully saturated rings. The van der Waals surface area contributed by atoms with Gasteiger partial charge < -0.3 is 4.90 Å². The minimum absolute atomic E-state index is 0.0488. The molecule has 1 aliphatic rings. The van der Waals surface area contributed by atoms with E-state index in [1.807, 2.05) is 11.3 Å². The smallest absolute Gasteiger partial charge is 0.0640 e. The normalized spacial score (nSPS) is 13.6. The summed E-state index contributed by atoms with van der Waals surface area (Å²) in [7, 11) is 0. The first-order valence-corrected chi connectivity index (χ1v) is 14.4. The van der Waals surface area contributed by atoms with Crippen LogP contribution in [0.1, 0.15) is 25.0 Å². The van der Waals surface area contributed by atoms with Crippen LogP contribution in [0.3, 0.4) is 0 Å². The predicted molar refractivity (Wildman–Crippen MR) is 169 cm³/mol. The van der Waals surface area contributed by atoms with Crippen molar-refractivity contribution in [3.8, 4) is 11.1 Å². The Morgan fingerprint density at radius 1 is 0.513 bits per heavy atom. The maximum absolute atomic E-state index is 2.44. The lowest BCUT2D eigenvalue weighted by atomic mass is 9.82. The molecule has 186 valence electrons. The molecular formula is C37H27NS. The van der Waals surface area contributed by atoms with Gasteiger partial charge in [-0.3, -0.25) is 0 Å². The predicted octanol–water partition coefficient (Wildman–Crippen LogP) is 11.0. The first-order valence-electron chi connectivity index (χ1n) is 13.5. The van der Waals surface area contributed by atoms with Gasteiger partial charge in [0, 0.05) is 32.3 Å². The van der Waals surface area contributed by atoms with E-state index in [4.69, 9.17) is 0 Å². The fraction of sp³-hybridized carbons (Fsp3) is 0.0811. The molecule has 0 bridgehead atoms. The minimum atomic E-state index is -0.0488. The highest BCUT2D eigenvalue weighted by Crippen LogP contribution is 2.51. The Morgan fingerprint density at radius 2 is 1.23 bits per heavy atom. The van der Waals surface area contributed by atoms with Crippen molar-refractivity contribution in [2.24, 2.45) is 0 Å². The van der Waals surface area contributed by atoms with E-state index in [1.54, 1.807) is 0 Å². The largest absolute Gasteiger partial charge is 0.309 e. The van der Waals surface area contributed by atoms with E-state index in [0.717, 1.165) is 0 Å². The lowest BCUT2D eigenvalue weighted by Crippen LogP contribution is -2.16. The first-order chi connectivity index (χ1) is 19.1. The molecule has 1 aromatic heterocycles. The van der Waals surface area contributed by atoms with E-state index < -0.39 is 0 Å². The second-order valence-corrected chi connectivity index (χ2v) is 12.0. The van der Waals surface area contributed by atoms with E-state index in [0.29, 0.717) is 0 Å². The summed E-state index contributed by atoms with van der Waals surface area (Å²) < 4.78 is 2.67. The van der Waals surface area contributed by atoms with Gasteiger partial charge in [-0.05, 0) is 63.4 Å². The van der Waals surface area contributed by atoms with Crippen LogP contribution in [-0.4, -0.2) is 0 Å². The van der Waals surface area contributed by atoms with Crippen molar-refractivity contribution in [2.45, 2.75) is 19.3 Å². The van der Waals surface area contributed by atoms with Crippen LogP contribution in [0.2, 0.25) is 0 Å². The van der Waals surface area contributed by atoms with Gasteiger partial charge in [0.05, 0.1) is 10.4 Å². The minimum Gasteiger partial charge on any atom is -0.309 e. The van der Waals surface area contributed by atoms with Crippen LogP contribution >= 0.6 is 11.3 Å². The quantitative estimate of drug-likeness (QED) is 0.225. The third-order valence-corrected chi connectivity index (χ3v) is 9.73. The number of fused-ring (bicyclic) bond motifs is 8. The van der Waals surface area contributed by atoms with Crippen molar-refractivity contribution in [2.75, 3.05) is 4.90 Å². The van der Waals surface area contributed by atoms with Crippen molar-refractivity contribution >= 4 is 59.3 Å². The molecule has 1 aliphatic carbocycles. The Balaban J connectivity index is 1.39. The van der Waals surface area contributed by atoms with Gasteiger partial charge in [-0.15, -0.1) is 11.3 Å². The highest BCUT2D eigenvalue weighted by Gasteiger charge is 2.35. The topological polar surface area (TPSA) is 3.24 Å². The Bertz CT molecular complexity index is 2050.